The minimum atomic E-state index is -0.146. The van der Waals surface area contributed by atoms with Crippen molar-refractivity contribution in [1.29, 1.82) is 0 Å². The number of amides is 1. The number of allylic oxidation sites excluding steroid dienone is 1. The molecule has 0 heterocycles. The second kappa shape index (κ2) is 4.97. The maximum atomic E-state index is 10.9. The summed E-state index contributed by atoms with van der Waals surface area (Å²) in [5.41, 5.74) is 0.507. The normalized spacial score (nSPS) is 11.8. The van der Waals surface area contributed by atoms with E-state index in [2.05, 4.69) is 18.5 Å². The summed E-state index contributed by atoms with van der Waals surface area (Å²) in [7, 11) is 0. The molecule has 0 saturated heterocycles. The molecule has 0 saturated carbocycles. The summed E-state index contributed by atoms with van der Waals surface area (Å²) in [6, 6.07) is 0. The fraction of sp³-hybridized carbons (Fsp3) is 0.375. The first-order valence-electron chi connectivity index (χ1n) is 3.31. The number of hydrogen-bond donors (Lipinski definition) is 1. The highest BCUT2D eigenvalue weighted by Gasteiger charge is 2.04. The maximum absolute atomic E-state index is 10.9. The van der Waals surface area contributed by atoms with Gasteiger partial charge in [-0.2, -0.15) is 0 Å². The SMILES string of the molecule is C=CC(=C)NC(=O)CC(C)Cl. The van der Waals surface area contributed by atoms with Gasteiger partial charge in [-0.3, -0.25) is 4.79 Å². The van der Waals surface area contributed by atoms with Crippen LogP contribution in [0.3, 0.4) is 0 Å². The number of halogens is 1. The smallest absolute Gasteiger partial charge is 0.225 e. The molecular weight excluding hydrogens is 162 g/mol. The van der Waals surface area contributed by atoms with Crippen LogP contribution in [0.15, 0.2) is 24.9 Å². The first-order chi connectivity index (χ1) is 5.06. The van der Waals surface area contributed by atoms with Crippen LogP contribution in [0.1, 0.15) is 13.3 Å². The molecule has 0 aliphatic carbocycles. The summed E-state index contributed by atoms with van der Waals surface area (Å²) in [6.45, 7) is 8.73. The average molecular weight is 174 g/mol. The number of rotatable bonds is 4. The number of nitrogens with one attached hydrogen (secondary N) is 1. The van der Waals surface area contributed by atoms with Crippen LogP contribution in [-0.2, 0) is 4.79 Å². The van der Waals surface area contributed by atoms with Crippen molar-refractivity contribution in [2.45, 2.75) is 18.7 Å². The van der Waals surface area contributed by atoms with E-state index in [0.717, 1.165) is 0 Å². The number of alkyl halides is 1. The Kier molecular flexibility index (Phi) is 4.62. The van der Waals surface area contributed by atoms with Crippen molar-refractivity contribution >= 4 is 17.5 Å². The molecule has 11 heavy (non-hydrogen) atoms. The predicted octanol–water partition coefficient (Wildman–Crippen LogP) is 1.82. The molecule has 1 atom stereocenters. The van der Waals surface area contributed by atoms with Crippen LogP contribution in [0.2, 0.25) is 0 Å². The van der Waals surface area contributed by atoms with Gasteiger partial charge in [0.25, 0.3) is 0 Å². The van der Waals surface area contributed by atoms with Crippen molar-refractivity contribution in [3.8, 4) is 0 Å². The highest BCUT2D eigenvalue weighted by Crippen LogP contribution is 1.99. The monoisotopic (exact) mass is 173 g/mol. The quantitative estimate of drug-likeness (QED) is 0.510. The van der Waals surface area contributed by atoms with E-state index in [-0.39, 0.29) is 11.3 Å². The largest absolute Gasteiger partial charge is 0.327 e. The van der Waals surface area contributed by atoms with Crippen molar-refractivity contribution in [1.82, 2.24) is 5.32 Å². The lowest BCUT2D eigenvalue weighted by molar-refractivity contribution is -0.120. The third kappa shape index (κ3) is 5.67. The molecule has 62 valence electrons. The molecule has 0 aliphatic heterocycles. The summed E-state index contributed by atoms with van der Waals surface area (Å²) in [4.78, 5) is 10.9. The first kappa shape index (κ1) is 10.2. The maximum Gasteiger partial charge on any atom is 0.225 e. The van der Waals surface area contributed by atoms with E-state index in [0.29, 0.717) is 12.1 Å². The molecule has 1 amide bonds. The van der Waals surface area contributed by atoms with Gasteiger partial charge < -0.3 is 5.32 Å². The lowest BCUT2D eigenvalue weighted by Crippen LogP contribution is -2.23. The topological polar surface area (TPSA) is 29.1 Å². The lowest BCUT2D eigenvalue weighted by Gasteiger charge is -2.04. The molecule has 0 bridgehead atoms. The van der Waals surface area contributed by atoms with Crippen LogP contribution >= 0.6 is 11.6 Å². The van der Waals surface area contributed by atoms with Crippen molar-refractivity contribution in [3.63, 3.8) is 0 Å². The molecule has 1 unspecified atom stereocenters. The Morgan fingerprint density at radius 1 is 1.82 bits per heavy atom. The highest BCUT2D eigenvalue weighted by atomic mass is 35.5. The van der Waals surface area contributed by atoms with Gasteiger partial charge in [0.05, 0.1) is 0 Å². The third-order valence-electron chi connectivity index (χ3n) is 1.01. The van der Waals surface area contributed by atoms with E-state index < -0.39 is 0 Å². The molecule has 0 aliphatic rings. The molecule has 0 spiro atoms. The predicted molar refractivity (Wildman–Crippen MR) is 47.4 cm³/mol. The lowest BCUT2D eigenvalue weighted by atomic mass is 10.3. The van der Waals surface area contributed by atoms with Gasteiger partial charge in [-0.05, 0) is 13.0 Å². The zero-order chi connectivity index (χ0) is 8.85. The highest BCUT2D eigenvalue weighted by molar-refractivity contribution is 6.21. The molecule has 0 rings (SSSR count). The second-order valence-corrected chi connectivity index (χ2v) is 3.01. The van der Waals surface area contributed by atoms with Crippen molar-refractivity contribution < 1.29 is 4.79 Å². The van der Waals surface area contributed by atoms with Crippen molar-refractivity contribution in [2.75, 3.05) is 0 Å². The van der Waals surface area contributed by atoms with Crippen LogP contribution in [0.25, 0.3) is 0 Å². The molecule has 0 aromatic heterocycles. The second-order valence-electron chi connectivity index (χ2n) is 2.26. The minimum Gasteiger partial charge on any atom is -0.327 e. The molecule has 2 nitrogen and oxygen atoms in total. The van der Waals surface area contributed by atoms with Gasteiger partial charge in [0.1, 0.15) is 0 Å². The van der Waals surface area contributed by atoms with Crippen LogP contribution in [0.5, 0.6) is 0 Å². The Hall–Kier alpha value is -0.760. The molecule has 0 aromatic carbocycles. The van der Waals surface area contributed by atoms with Crippen LogP contribution in [-0.4, -0.2) is 11.3 Å². The summed E-state index contributed by atoms with van der Waals surface area (Å²) in [6.07, 6.45) is 1.78. The summed E-state index contributed by atoms with van der Waals surface area (Å²) in [5, 5.41) is 2.38. The van der Waals surface area contributed by atoms with Gasteiger partial charge in [-0.15, -0.1) is 11.6 Å². The zero-order valence-electron chi connectivity index (χ0n) is 6.56. The van der Waals surface area contributed by atoms with E-state index in [9.17, 15) is 4.79 Å². The van der Waals surface area contributed by atoms with Crippen LogP contribution in [0.4, 0.5) is 0 Å². The third-order valence-corrected chi connectivity index (χ3v) is 1.17. The fourth-order valence-corrected chi connectivity index (χ4v) is 0.677. The van der Waals surface area contributed by atoms with Crippen LogP contribution < -0.4 is 5.32 Å². The van der Waals surface area contributed by atoms with Crippen molar-refractivity contribution in [2.24, 2.45) is 0 Å². The summed E-state index contributed by atoms with van der Waals surface area (Å²) < 4.78 is 0. The van der Waals surface area contributed by atoms with E-state index in [1.807, 2.05) is 0 Å². The Morgan fingerprint density at radius 2 is 2.36 bits per heavy atom. The van der Waals surface area contributed by atoms with Crippen LogP contribution in [0, 0.1) is 0 Å². The Bertz CT molecular complexity index is 175. The molecule has 3 heteroatoms. The Balaban J connectivity index is 3.69. The fourth-order valence-electron chi connectivity index (χ4n) is 0.537. The van der Waals surface area contributed by atoms with E-state index in [4.69, 9.17) is 11.6 Å². The molecule has 1 N–H and O–H groups in total. The Morgan fingerprint density at radius 3 is 2.73 bits per heavy atom. The van der Waals surface area contributed by atoms with E-state index in [1.165, 1.54) is 6.08 Å². The summed E-state index contributed by atoms with van der Waals surface area (Å²) in [5.74, 6) is -0.127. The molecule has 0 fully saturated rings. The zero-order valence-corrected chi connectivity index (χ0v) is 7.32. The van der Waals surface area contributed by atoms with E-state index >= 15 is 0 Å². The van der Waals surface area contributed by atoms with Crippen molar-refractivity contribution in [3.05, 3.63) is 24.9 Å². The minimum absolute atomic E-state index is 0.127. The van der Waals surface area contributed by atoms with E-state index in [1.54, 1.807) is 6.92 Å². The molecule has 0 radical (unpaired) electrons. The standard InChI is InChI=1S/C8H12ClNO/c1-4-7(3)10-8(11)5-6(2)9/h4,6H,1,3,5H2,2H3,(H,10,11). The van der Waals surface area contributed by atoms with Gasteiger partial charge in [-0.1, -0.05) is 13.2 Å². The van der Waals surface area contributed by atoms with Gasteiger partial charge in [0.15, 0.2) is 0 Å². The first-order valence-corrected chi connectivity index (χ1v) is 3.75. The summed E-state index contributed by atoms with van der Waals surface area (Å²) >= 11 is 5.58. The van der Waals surface area contributed by atoms with Gasteiger partial charge >= 0.3 is 0 Å². The van der Waals surface area contributed by atoms with Gasteiger partial charge in [0, 0.05) is 17.5 Å². The number of hydrogen-bond acceptors (Lipinski definition) is 1. The Labute approximate surface area is 71.9 Å². The number of carbonyl (C=O) groups excluding carboxylic acids is 1. The average Bonchev–Trinajstić information content (AvgIpc) is 1.85. The molecular formula is C8H12ClNO. The van der Waals surface area contributed by atoms with Gasteiger partial charge in [-0.25, -0.2) is 0 Å². The van der Waals surface area contributed by atoms with Gasteiger partial charge in [0.2, 0.25) is 5.91 Å². The number of carbonyl (C=O) groups is 1. The molecule has 0 aromatic rings.